The van der Waals surface area contributed by atoms with Crippen LogP contribution >= 0.6 is 0 Å². The Balaban J connectivity index is 1.76. The first-order chi connectivity index (χ1) is 13.6. The lowest BCUT2D eigenvalue weighted by atomic mass is 9.89. The van der Waals surface area contributed by atoms with Gasteiger partial charge in [-0.15, -0.1) is 0 Å². The first-order valence-corrected chi connectivity index (χ1v) is 9.11. The Bertz CT molecular complexity index is 1060. The number of hydrogen-bond acceptors (Lipinski definition) is 5. The third kappa shape index (κ3) is 2.25. The number of fused-ring (bicyclic) bond motifs is 4. The van der Waals surface area contributed by atoms with Gasteiger partial charge in [0.05, 0.1) is 20.3 Å². The first kappa shape index (κ1) is 16.8. The number of phenolic OH excluding ortho intramolecular Hbond substituents is 1. The molecular formula is C21H20N2O5. The van der Waals surface area contributed by atoms with E-state index in [0.717, 1.165) is 28.6 Å². The van der Waals surface area contributed by atoms with Crippen molar-refractivity contribution in [2.45, 2.75) is 18.5 Å². The summed E-state index contributed by atoms with van der Waals surface area (Å²) in [6, 6.07) is 11.2. The summed E-state index contributed by atoms with van der Waals surface area (Å²) in [5.41, 5.74) is 3.95. The molecule has 5 rings (SSSR count). The number of phenols is 1. The third-order valence-electron chi connectivity index (χ3n) is 5.66. The van der Waals surface area contributed by atoms with Gasteiger partial charge in [0.1, 0.15) is 12.6 Å². The maximum absolute atomic E-state index is 12.6. The summed E-state index contributed by atoms with van der Waals surface area (Å²) in [5, 5.41) is 11.4. The summed E-state index contributed by atoms with van der Waals surface area (Å²) in [7, 11) is 2.97. The van der Waals surface area contributed by atoms with Crippen molar-refractivity contribution >= 4 is 17.0 Å². The molecule has 0 radical (unpaired) electrons. The number of H-pyrrole nitrogens is 1. The number of aromatic amines is 1. The van der Waals surface area contributed by atoms with Crippen molar-refractivity contribution in [3.8, 4) is 17.2 Å². The molecular weight excluding hydrogens is 360 g/mol. The number of hydrogen-bond donors (Lipinski definition) is 2. The van der Waals surface area contributed by atoms with Gasteiger partial charge in [-0.2, -0.15) is 0 Å². The van der Waals surface area contributed by atoms with Crippen LogP contribution in [0.5, 0.6) is 17.2 Å². The van der Waals surface area contributed by atoms with Crippen LogP contribution in [0.15, 0.2) is 36.4 Å². The van der Waals surface area contributed by atoms with E-state index in [1.54, 1.807) is 17.0 Å². The van der Waals surface area contributed by atoms with Gasteiger partial charge >= 0.3 is 6.09 Å². The molecule has 28 heavy (non-hydrogen) atoms. The zero-order valence-corrected chi connectivity index (χ0v) is 15.6. The standard InChI is InChI=1S/C21H20N2O5/c1-26-16-7-11(8-17(27-2)20(16)24)19-18-14(9-12-10-28-21(25)23(12)19)13-5-3-4-6-15(13)22-18/h3-8,12,19,22,24H,9-10H2,1-2H3/t12-,19+/m1/s1. The van der Waals surface area contributed by atoms with Gasteiger partial charge in [0.25, 0.3) is 0 Å². The molecule has 2 atom stereocenters. The fraction of sp³-hybridized carbons (Fsp3) is 0.286. The van der Waals surface area contributed by atoms with Crippen molar-refractivity contribution in [2.75, 3.05) is 20.8 Å². The zero-order chi connectivity index (χ0) is 19.4. The fourth-order valence-corrected chi connectivity index (χ4v) is 4.39. The lowest BCUT2D eigenvalue weighted by Crippen LogP contribution is -2.42. The van der Waals surface area contributed by atoms with Gasteiger partial charge in [-0.05, 0) is 35.7 Å². The van der Waals surface area contributed by atoms with E-state index in [1.165, 1.54) is 19.8 Å². The minimum Gasteiger partial charge on any atom is -0.502 e. The van der Waals surface area contributed by atoms with Crippen molar-refractivity contribution in [3.63, 3.8) is 0 Å². The van der Waals surface area contributed by atoms with Crippen LogP contribution in [0.4, 0.5) is 4.79 Å². The summed E-state index contributed by atoms with van der Waals surface area (Å²) in [6.45, 7) is 0.362. The van der Waals surface area contributed by atoms with E-state index >= 15 is 0 Å². The van der Waals surface area contributed by atoms with E-state index in [9.17, 15) is 9.90 Å². The van der Waals surface area contributed by atoms with E-state index in [4.69, 9.17) is 14.2 Å². The van der Waals surface area contributed by atoms with Gasteiger partial charge in [0.2, 0.25) is 5.75 Å². The second-order valence-corrected chi connectivity index (χ2v) is 7.08. The highest BCUT2D eigenvalue weighted by atomic mass is 16.6. The predicted molar refractivity (Wildman–Crippen MR) is 102 cm³/mol. The average molecular weight is 380 g/mol. The van der Waals surface area contributed by atoms with E-state index in [0.29, 0.717) is 18.1 Å². The van der Waals surface area contributed by atoms with Gasteiger partial charge in [-0.25, -0.2) is 4.79 Å². The molecule has 0 saturated carbocycles. The highest BCUT2D eigenvalue weighted by Gasteiger charge is 2.45. The van der Waals surface area contributed by atoms with Gasteiger partial charge in [-0.1, -0.05) is 18.2 Å². The Hall–Kier alpha value is -3.35. The van der Waals surface area contributed by atoms with E-state index in [1.807, 2.05) is 18.2 Å². The summed E-state index contributed by atoms with van der Waals surface area (Å²) < 4.78 is 16.0. The van der Waals surface area contributed by atoms with Crippen LogP contribution in [0.2, 0.25) is 0 Å². The fourth-order valence-electron chi connectivity index (χ4n) is 4.39. The number of para-hydroxylation sites is 1. The van der Waals surface area contributed by atoms with Crippen LogP contribution in [-0.4, -0.2) is 48.0 Å². The molecule has 1 amide bonds. The molecule has 1 saturated heterocycles. The second kappa shape index (κ2) is 6.09. The Labute approximate surface area is 161 Å². The molecule has 0 aliphatic carbocycles. The monoisotopic (exact) mass is 380 g/mol. The molecule has 2 N–H and O–H groups in total. The molecule has 2 aliphatic rings. The molecule has 0 spiro atoms. The molecule has 0 unspecified atom stereocenters. The third-order valence-corrected chi connectivity index (χ3v) is 5.66. The number of amides is 1. The normalized spacial score (nSPS) is 20.6. The van der Waals surface area contributed by atoms with Gasteiger partial charge in [0, 0.05) is 16.6 Å². The van der Waals surface area contributed by atoms with Gasteiger partial charge < -0.3 is 24.3 Å². The van der Waals surface area contributed by atoms with E-state index < -0.39 is 0 Å². The van der Waals surface area contributed by atoms with Crippen molar-refractivity contribution < 1.29 is 24.1 Å². The van der Waals surface area contributed by atoms with Crippen LogP contribution in [0, 0.1) is 0 Å². The number of carbonyl (C=O) groups is 1. The van der Waals surface area contributed by atoms with Crippen LogP contribution in [-0.2, 0) is 11.2 Å². The van der Waals surface area contributed by atoms with Gasteiger partial charge in [0.15, 0.2) is 11.5 Å². The summed E-state index contributed by atoms with van der Waals surface area (Å²) in [6.07, 6.45) is 0.388. The van der Waals surface area contributed by atoms with Crippen LogP contribution in [0.1, 0.15) is 22.9 Å². The van der Waals surface area contributed by atoms with E-state index in [2.05, 4.69) is 11.1 Å². The summed E-state index contributed by atoms with van der Waals surface area (Å²) in [5.74, 6) is 0.519. The molecule has 2 aromatic carbocycles. The number of ether oxygens (including phenoxy) is 3. The number of nitrogens with one attached hydrogen (secondary N) is 1. The SMILES string of the molecule is COc1cc([C@H]2c3[nH]c4ccccc4c3C[C@@H]3COC(=O)N32)cc(OC)c1O. The maximum atomic E-state index is 12.6. The number of methoxy groups -OCH3 is 2. The number of nitrogens with zero attached hydrogens (tertiary/aromatic N) is 1. The Morgan fingerprint density at radius 1 is 1.18 bits per heavy atom. The zero-order valence-electron chi connectivity index (χ0n) is 15.6. The van der Waals surface area contributed by atoms with Crippen LogP contribution < -0.4 is 9.47 Å². The molecule has 3 aromatic rings. The molecule has 3 heterocycles. The average Bonchev–Trinajstić information content (AvgIpc) is 3.27. The highest BCUT2D eigenvalue weighted by molar-refractivity contribution is 5.86. The first-order valence-electron chi connectivity index (χ1n) is 9.11. The molecule has 1 aromatic heterocycles. The topological polar surface area (TPSA) is 84.0 Å². The Kier molecular flexibility index (Phi) is 3.65. The smallest absolute Gasteiger partial charge is 0.411 e. The highest BCUT2D eigenvalue weighted by Crippen LogP contribution is 2.46. The lowest BCUT2D eigenvalue weighted by molar-refractivity contribution is 0.147. The van der Waals surface area contributed by atoms with Crippen molar-refractivity contribution in [1.29, 1.82) is 0 Å². The van der Waals surface area contributed by atoms with E-state index in [-0.39, 0.29) is 23.9 Å². The maximum Gasteiger partial charge on any atom is 0.411 e. The number of rotatable bonds is 3. The summed E-state index contributed by atoms with van der Waals surface area (Å²) >= 11 is 0. The molecule has 7 heteroatoms. The molecule has 144 valence electrons. The van der Waals surface area contributed by atoms with Crippen molar-refractivity contribution in [1.82, 2.24) is 9.88 Å². The molecule has 2 aliphatic heterocycles. The molecule has 0 bridgehead atoms. The van der Waals surface area contributed by atoms with Gasteiger partial charge in [-0.3, -0.25) is 4.90 Å². The molecule has 1 fully saturated rings. The lowest BCUT2D eigenvalue weighted by Gasteiger charge is -2.36. The van der Waals surface area contributed by atoms with Crippen LogP contribution in [0.25, 0.3) is 10.9 Å². The van der Waals surface area contributed by atoms with Crippen molar-refractivity contribution in [3.05, 3.63) is 53.2 Å². The van der Waals surface area contributed by atoms with Crippen molar-refractivity contribution in [2.24, 2.45) is 0 Å². The molecule has 7 nitrogen and oxygen atoms in total. The van der Waals surface area contributed by atoms with Crippen LogP contribution in [0.3, 0.4) is 0 Å². The largest absolute Gasteiger partial charge is 0.502 e. The quantitative estimate of drug-likeness (QED) is 0.728. The minimum absolute atomic E-state index is 0.0463. The predicted octanol–water partition coefficient (Wildman–Crippen LogP) is 3.36. The number of benzene rings is 2. The number of carbonyl (C=O) groups excluding carboxylic acids is 1. The number of aromatic nitrogens is 1. The Morgan fingerprint density at radius 2 is 1.89 bits per heavy atom. The summed E-state index contributed by atoms with van der Waals surface area (Å²) in [4.78, 5) is 17.8. The Morgan fingerprint density at radius 3 is 2.61 bits per heavy atom. The minimum atomic E-state index is -0.389. The second-order valence-electron chi connectivity index (χ2n) is 7.08. The number of aromatic hydroxyl groups is 1. The number of cyclic esters (lactones) is 1.